The van der Waals surface area contributed by atoms with E-state index < -0.39 is 27.7 Å². The topological polar surface area (TPSA) is 79.1 Å². The van der Waals surface area contributed by atoms with Gasteiger partial charge in [-0.1, -0.05) is 6.07 Å². The van der Waals surface area contributed by atoms with Gasteiger partial charge < -0.3 is 9.51 Å². The summed E-state index contributed by atoms with van der Waals surface area (Å²) in [5.74, 6) is -2.02. The number of hydrogen-bond acceptors (Lipinski definition) is 3. The van der Waals surface area contributed by atoms with Crippen molar-refractivity contribution in [2.24, 2.45) is 0 Å². The van der Waals surface area contributed by atoms with E-state index in [2.05, 4.69) is 0 Å². The molecule has 8 heteroatoms. The maximum absolute atomic E-state index is 13.2. The second-order valence-corrected chi connectivity index (χ2v) is 9.72. The first kappa shape index (κ1) is 20.6. The van der Waals surface area contributed by atoms with Gasteiger partial charge in [-0.3, -0.25) is 4.79 Å². The second kappa shape index (κ2) is 7.52. The van der Waals surface area contributed by atoms with Gasteiger partial charge in [-0.2, -0.15) is 4.31 Å². The Labute approximate surface area is 174 Å². The van der Waals surface area contributed by atoms with Gasteiger partial charge in [0.15, 0.2) is 0 Å². The lowest BCUT2D eigenvalue weighted by molar-refractivity contribution is -0.138. The minimum atomic E-state index is -3.77. The number of benzene rings is 1. The van der Waals surface area contributed by atoms with Crippen LogP contribution in [0, 0.1) is 5.82 Å². The van der Waals surface area contributed by atoms with Gasteiger partial charge in [0, 0.05) is 36.9 Å². The minimum Gasteiger partial charge on any atom is -0.481 e. The molecule has 0 aliphatic heterocycles. The molecule has 0 bridgehead atoms. The van der Waals surface area contributed by atoms with Crippen LogP contribution in [0.25, 0.3) is 5.52 Å². The van der Waals surface area contributed by atoms with Gasteiger partial charge in [0.25, 0.3) is 0 Å². The molecule has 158 valence electrons. The molecule has 0 amide bonds. The number of carboxylic acid groups (broad SMARTS) is 1. The highest BCUT2D eigenvalue weighted by atomic mass is 32.2. The van der Waals surface area contributed by atoms with Crippen molar-refractivity contribution in [3.8, 4) is 0 Å². The first-order valence-electron chi connectivity index (χ1n) is 9.79. The molecule has 1 aliphatic carbocycles. The van der Waals surface area contributed by atoms with Gasteiger partial charge in [-0.15, -0.1) is 0 Å². The molecule has 0 saturated heterocycles. The highest BCUT2D eigenvalue weighted by molar-refractivity contribution is 7.89. The lowest BCUT2D eigenvalue weighted by Crippen LogP contribution is -2.40. The van der Waals surface area contributed by atoms with Crippen LogP contribution in [-0.2, 0) is 27.7 Å². The van der Waals surface area contributed by atoms with Crippen molar-refractivity contribution in [1.82, 2.24) is 8.71 Å². The van der Waals surface area contributed by atoms with Crippen LogP contribution in [0.4, 0.5) is 4.39 Å². The van der Waals surface area contributed by atoms with Crippen LogP contribution < -0.4 is 0 Å². The summed E-state index contributed by atoms with van der Waals surface area (Å²) in [6, 6.07) is 10.2. The van der Waals surface area contributed by atoms with E-state index in [-0.39, 0.29) is 10.9 Å². The van der Waals surface area contributed by atoms with E-state index >= 15 is 0 Å². The summed E-state index contributed by atoms with van der Waals surface area (Å²) < 4.78 is 42.6. The Kier molecular flexibility index (Phi) is 5.15. The van der Waals surface area contributed by atoms with Gasteiger partial charge in [-0.05, 0) is 67.3 Å². The van der Waals surface area contributed by atoms with Crippen LogP contribution in [0.1, 0.15) is 36.1 Å². The number of sulfonamides is 1. The van der Waals surface area contributed by atoms with Crippen molar-refractivity contribution in [2.75, 3.05) is 7.05 Å². The van der Waals surface area contributed by atoms with E-state index in [4.69, 9.17) is 0 Å². The Bertz CT molecular complexity index is 1220. The quantitative estimate of drug-likeness (QED) is 0.673. The number of likely N-dealkylation sites (N-methyl/N-ethyl adjacent to an activating group) is 1. The number of hydrogen-bond donors (Lipinski definition) is 1. The standard InChI is InChI=1S/C22H23FN2O4S/c1-14(22(26)27)21-18-11-8-16(13-20(18)25-12-4-3-5-19(21)25)24(2)30(28,29)17-9-6-15(23)7-10-17/h3-7,9-10,12,14,16H,8,11,13H2,1-2H3,(H,26,27)/t14?,16-/m1/s1. The highest BCUT2D eigenvalue weighted by Gasteiger charge is 2.35. The van der Waals surface area contributed by atoms with E-state index in [1.807, 2.05) is 28.8 Å². The molecule has 1 aliphatic rings. The predicted molar refractivity (Wildman–Crippen MR) is 111 cm³/mol. The summed E-state index contributed by atoms with van der Waals surface area (Å²) in [5.41, 5.74) is 3.61. The van der Waals surface area contributed by atoms with Crippen LogP contribution in [0.3, 0.4) is 0 Å². The first-order valence-corrected chi connectivity index (χ1v) is 11.2. The first-order chi connectivity index (χ1) is 14.2. The summed E-state index contributed by atoms with van der Waals surface area (Å²) in [4.78, 5) is 11.7. The smallest absolute Gasteiger partial charge is 0.310 e. The summed E-state index contributed by atoms with van der Waals surface area (Å²) in [6.45, 7) is 1.68. The molecule has 1 N–H and O–H groups in total. The average molecular weight is 431 g/mol. The van der Waals surface area contributed by atoms with Gasteiger partial charge in [0.1, 0.15) is 5.82 Å². The van der Waals surface area contributed by atoms with Gasteiger partial charge in [-0.25, -0.2) is 12.8 Å². The van der Waals surface area contributed by atoms with Crippen molar-refractivity contribution in [1.29, 1.82) is 0 Å². The third-order valence-corrected chi connectivity index (χ3v) is 7.99. The van der Waals surface area contributed by atoms with Crippen LogP contribution in [0.5, 0.6) is 0 Å². The molecule has 3 aromatic rings. The normalized spacial score (nSPS) is 17.8. The zero-order chi connectivity index (χ0) is 21.6. The highest BCUT2D eigenvalue weighted by Crippen LogP contribution is 2.37. The monoisotopic (exact) mass is 430 g/mol. The number of aromatic nitrogens is 1. The van der Waals surface area contributed by atoms with Crippen molar-refractivity contribution in [3.63, 3.8) is 0 Å². The predicted octanol–water partition coefficient (Wildman–Crippen LogP) is 3.44. The number of nitrogens with zero attached hydrogens (tertiary/aromatic N) is 2. The molecule has 0 radical (unpaired) electrons. The fourth-order valence-electron chi connectivity index (χ4n) is 4.38. The third kappa shape index (κ3) is 3.30. The molecule has 1 unspecified atom stereocenters. The van der Waals surface area contributed by atoms with Crippen LogP contribution in [0.15, 0.2) is 53.6 Å². The molecular formula is C22H23FN2O4S. The molecule has 2 aromatic heterocycles. The summed E-state index contributed by atoms with van der Waals surface area (Å²) in [6.07, 6.45) is 3.55. The number of carbonyl (C=O) groups is 1. The van der Waals surface area contributed by atoms with E-state index in [9.17, 15) is 22.7 Å². The number of rotatable bonds is 5. The fraction of sp³-hybridized carbons (Fsp3) is 0.318. The lowest BCUT2D eigenvalue weighted by Gasteiger charge is -2.31. The van der Waals surface area contributed by atoms with E-state index in [0.29, 0.717) is 19.3 Å². The zero-order valence-electron chi connectivity index (χ0n) is 16.7. The minimum absolute atomic E-state index is 0.0532. The summed E-state index contributed by atoms with van der Waals surface area (Å²) >= 11 is 0. The van der Waals surface area contributed by atoms with Gasteiger partial charge >= 0.3 is 5.97 Å². The molecule has 0 spiro atoms. The molecule has 4 rings (SSSR count). The number of carboxylic acids is 1. The Morgan fingerprint density at radius 3 is 2.60 bits per heavy atom. The van der Waals surface area contributed by atoms with E-state index in [0.717, 1.165) is 34.5 Å². The molecule has 2 heterocycles. The van der Waals surface area contributed by atoms with Crippen LogP contribution in [0.2, 0.25) is 0 Å². The average Bonchev–Trinajstić information content (AvgIpc) is 3.06. The molecule has 1 aromatic carbocycles. The number of aliphatic carboxylic acids is 1. The Balaban J connectivity index is 1.72. The van der Waals surface area contributed by atoms with Crippen molar-refractivity contribution in [2.45, 2.75) is 43.0 Å². The van der Waals surface area contributed by atoms with Crippen molar-refractivity contribution < 1.29 is 22.7 Å². The maximum Gasteiger partial charge on any atom is 0.310 e. The second-order valence-electron chi connectivity index (χ2n) is 7.73. The molecule has 0 fully saturated rings. The lowest BCUT2D eigenvalue weighted by atomic mass is 9.87. The van der Waals surface area contributed by atoms with E-state index in [1.54, 1.807) is 14.0 Å². The number of halogens is 1. The van der Waals surface area contributed by atoms with Crippen molar-refractivity contribution in [3.05, 3.63) is 71.3 Å². The Morgan fingerprint density at radius 1 is 1.23 bits per heavy atom. The molecule has 6 nitrogen and oxygen atoms in total. The zero-order valence-corrected chi connectivity index (χ0v) is 17.6. The molecule has 2 atom stereocenters. The molecule has 0 saturated carbocycles. The fourth-order valence-corrected chi connectivity index (χ4v) is 5.76. The van der Waals surface area contributed by atoms with Crippen molar-refractivity contribution >= 4 is 21.5 Å². The summed E-state index contributed by atoms with van der Waals surface area (Å²) in [7, 11) is -2.22. The van der Waals surface area contributed by atoms with E-state index in [1.165, 1.54) is 16.4 Å². The Hall–Kier alpha value is -2.71. The molecular weight excluding hydrogens is 407 g/mol. The van der Waals surface area contributed by atoms with Crippen LogP contribution >= 0.6 is 0 Å². The molecule has 30 heavy (non-hydrogen) atoms. The number of fused-ring (bicyclic) bond motifs is 3. The largest absolute Gasteiger partial charge is 0.481 e. The van der Waals surface area contributed by atoms with Gasteiger partial charge in [0.05, 0.1) is 10.8 Å². The van der Waals surface area contributed by atoms with Gasteiger partial charge in [0.2, 0.25) is 10.0 Å². The number of pyridine rings is 1. The third-order valence-electron chi connectivity index (χ3n) is 6.06. The maximum atomic E-state index is 13.2. The SMILES string of the molecule is CC(C(=O)O)c1c2c(n3ccccc13)C[C@H](N(C)S(=O)(=O)c1ccc(F)cc1)CC2. The summed E-state index contributed by atoms with van der Waals surface area (Å²) in [5, 5.41) is 9.58. The van der Waals surface area contributed by atoms with Crippen LogP contribution in [-0.4, -0.2) is 41.3 Å². The Morgan fingerprint density at radius 2 is 1.93 bits per heavy atom.